The highest BCUT2D eigenvalue weighted by molar-refractivity contribution is 6.00. The van der Waals surface area contributed by atoms with Crippen LogP contribution in [-0.4, -0.2) is 48.9 Å². The van der Waals surface area contributed by atoms with Gasteiger partial charge in [0.1, 0.15) is 0 Å². The second-order valence-corrected chi connectivity index (χ2v) is 9.02. The van der Waals surface area contributed by atoms with Gasteiger partial charge in [0.05, 0.1) is 5.92 Å². The Kier molecular flexibility index (Phi) is 7.12. The highest BCUT2D eigenvalue weighted by atomic mass is 16.2. The molecule has 2 amide bonds. The molecule has 0 aromatic heterocycles. The zero-order chi connectivity index (χ0) is 21.0. The Morgan fingerprint density at radius 3 is 2.62 bits per heavy atom. The van der Waals surface area contributed by atoms with E-state index in [2.05, 4.69) is 56.1 Å². The van der Waals surface area contributed by atoms with Gasteiger partial charge in [0.2, 0.25) is 11.8 Å². The number of nitrogens with zero attached hydrogens (tertiary/aromatic N) is 2. The Bertz CT molecular complexity index is 759. The van der Waals surface area contributed by atoms with Crippen molar-refractivity contribution in [2.45, 2.75) is 58.9 Å². The number of anilines is 1. The molecule has 1 unspecified atom stereocenters. The van der Waals surface area contributed by atoms with Crippen molar-refractivity contribution in [2.24, 2.45) is 5.92 Å². The van der Waals surface area contributed by atoms with Crippen molar-refractivity contribution in [3.05, 3.63) is 41.5 Å². The Morgan fingerprint density at radius 1 is 1.24 bits per heavy atom. The minimum absolute atomic E-state index is 0.0311. The Labute approximate surface area is 175 Å². The van der Waals surface area contributed by atoms with E-state index in [1.54, 1.807) is 4.90 Å². The number of benzene rings is 1. The van der Waals surface area contributed by atoms with Crippen LogP contribution in [-0.2, 0) is 9.59 Å². The fourth-order valence-electron chi connectivity index (χ4n) is 4.08. The average molecular weight is 398 g/mol. The molecule has 3 rings (SSSR count). The topological polar surface area (TPSA) is 52.7 Å². The summed E-state index contributed by atoms with van der Waals surface area (Å²) in [5.74, 6) is 0.231. The van der Waals surface area contributed by atoms with E-state index in [-0.39, 0.29) is 23.8 Å². The van der Waals surface area contributed by atoms with Gasteiger partial charge in [0.25, 0.3) is 0 Å². The molecule has 158 valence electrons. The van der Waals surface area contributed by atoms with Gasteiger partial charge in [-0.05, 0) is 50.3 Å². The summed E-state index contributed by atoms with van der Waals surface area (Å²) in [4.78, 5) is 29.6. The lowest BCUT2D eigenvalue weighted by Crippen LogP contribution is -2.46. The van der Waals surface area contributed by atoms with Crippen molar-refractivity contribution in [3.63, 3.8) is 0 Å². The van der Waals surface area contributed by atoms with Crippen LogP contribution >= 0.6 is 0 Å². The molecule has 1 aromatic rings. The highest BCUT2D eigenvalue weighted by Crippen LogP contribution is 2.28. The summed E-state index contributed by atoms with van der Waals surface area (Å²) >= 11 is 0. The van der Waals surface area contributed by atoms with Gasteiger partial charge in [-0.1, -0.05) is 37.6 Å². The molecule has 5 heteroatoms. The number of likely N-dealkylation sites (tertiary alicyclic amines) is 1. The van der Waals surface area contributed by atoms with Gasteiger partial charge in [-0.15, -0.1) is 0 Å². The van der Waals surface area contributed by atoms with Crippen molar-refractivity contribution < 1.29 is 9.59 Å². The molecular formula is C24H35N3O2. The van der Waals surface area contributed by atoms with Crippen LogP contribution in [0.5, 0.6) is 0 Å². The molecule has 29 heavy (non-hydrogen) atoms. The number of hydrogen-bond donors (Lipinski definition) is 1. The van der Waals surface area contributed by atoms with E-state index in [1.165, 1.54) is 11.1 Å². The summed E-state index contributed by atoms with van der Waals surface area (Å²) < 4.78 is 0. The Hall–Kier alpha value is -2.14. The molecule has 0 bridgehead atoms. The highest BCUT2D eigenvalue weighted by Gasteiger charge is 2.36. The number of carbonyl (C=O) groups is 2. The van der Waals surface area contributed by atoms with Gasteiger partial charge in [-0.2, -0.15) is 0 Å². The molecule has 0 saturated carbocycles. The van der Waals surface area contributed by atoms with E-state index < -0.39 is 0 Å². The van der Waals surface area contributed by atoms with E-state index >= 15 is 0 Å². The van der Waals surface area contributed by atoms with Gasteiger partial charge in [-0.3, -0.25) is 14.5 Å². The van der Waals surface area contributed by atoms with Gasteiger partial charge >= 0.3 is 0 Å². The number of nitrogens with one attached hydrogen (secondary N) is 1. The predicted octanol–water partition coefficient (Wildman–Crippen LogP) is 3.71. The zero-order valence-electron chi connectivity index (χ0n) is 18.3. The molecule has 2 saturated heterocycles. The zero-order valence-corrected chi connectivity index (χ0v) is 18.3. The first-order chi connectivity index (χ1) is 13.8. The summed E-state index contributed by atoms with van der Waals surface area (Å²) in [5.41, 5.74) is 3.46. The first kappa shape index (κ1) is 21.6. The molecule has 0 radical (unpaired) electrons. The minimum Gasteiger partial charge on any atom is -0.353 e. The number of rotatable bonds is 6. The van der Waals surface area contributed by atoms with Crippen LogP contribution in [0.15, 0.2) is 35.9 Å². The number of allylic oxidation sites excluding steroid dienone is 1. The molecule has 2 aliphatic heterocycles. The van der Waals surface area contributed by atoms with Crippen LogP contribution in [0, 0.1) is 5.92 Å². The van der Waals surface area contributed by atoms with E-state index in [0.717, 1.165) is 38.2 Å². The molecule has 2 fully saturated rings. The largest absolute Gasteiger partial charge is 0.353 e. The quantitative estimate of drug-likeness (QED) is 0.745. The fraction of sp³-hybridized carbons (Fsp3) is 0.583. The van der Waals surface area contributed by atoms with Crippen LogP contribution in [0.2, 0.25) is 0 Å². The second-order valence-electron chi connectivity index (χ2n) is 9.02. The third-order valence-electron chi connectivity index (χ3n) is 6.04. The van der Waals surface area contributed by atoms with Crippen molar-refractivity contribution in [2.75, 3.05) is 31.1 Å². The van der Waals surface area contributed by atoms with Crippen molar-refractivity contribution in [1.29, 1.82) is 0 Å². The van der Waals surface area contributed by atoms with Gasteiger partial charge in [0, 0.05) is 44.3 Å². The molecular weight excluding hydrogens is 362 g/mol. The molecule has 2 heterocycles. The number of piperidine rings is 1. The maximum atomic E-state index is 12.8. The molecule has 0 aliphatic carbocycles. The summed E-state index contributed by atoms with van der Waals surface area (Å²) in [5, 5.41) is 3.21. The first-order valence-electron chi connectivity index (χ1n) is 10.9. The molecule has 1 atom stereocenters. The van der Waals surface area contributed by atoms with Gasteiger partial charge in [0.15, 0.2) is 0 Å². The van der Waals surface area contributed by atoms with E-state index in [0.29, 0.717) is 18.9 Å². The standard InChI is InChI=1S/C24H35N3O2/c1-17(2)8-11-26-12-9-21(10-13-26)25-24(29)20-15-23(28)27(16-20)22-7-5-6-19(14-22)18(3)4/h5-8,14,18,20-21H,9-13,15-16H2,1-4H3,(H,25,29). The van der Waals surface area contributed by atoms with E-state index in [9.17, 15) is 9.59 Å². The minimum atomic E-state index is -0.256. The lowest BCUT2D eigenvalue weighted by Gasteiger charge is -2.32. The molecule has 0 spiro atoms. The second kappa shape index (κ2) is 9.57. The SMILES string of the molecule is CC(C)=CCN1CCC(NC(=O)C2CC(=O)N(c3cccc(C(C)C)c3)C2)CC1. The first-order valence-corrected chi connectivity index (χ1v) is 10.9. The fourth-order valence-corrected chi connectivity index (χ4v) is 4.08. The van der Waals surface area contributed by atoms with Crippen LogP contribution in [0.25, 0.3) is 0 Å². The van der Waals surface area contributed by atoms with Crippen LogP contribution in [0.1, 0.15) is 58.4 Å². The smallest absolute Gasteiger partial charge is 0.227 e. The van der Waals surface area contributed by atoms with Crippen molar-refractivity contribution in [1.82, 2.24) is 10.2 Å². The van der Waals surface area contributed by atoms with Crippen LogP contribution in [0.4, 0.5) is 5.69 Å². The van der Waals surface area contributed by atoms with Gasteiger partial charge < -0.3 is 10.2 Å². The maximum Gasteiger partial charge on any atom is 0.227 e. The van der Waals surface area contributed by atoms with Crippen LogP contribution in [0.3, 0.4) is 0 Å². The predicted molar refractivity (Wildman–Crippen MR) is 118 cm³/mol. The third-order valence-corrected chi connectivity index (χ3v) is 6.04. The average Bonchev–Trinajstić information content (AvgIpc) is 3.09. The Morgan fingerprint density at radius 2 is 1.97 bits per heavy atom. The Balaban J connectivity index is 1.52. The normalized spacial score (nSPS) is 20.9. The monoisotopic (exact) mass is 397 g/mol. The summed E-state index contributed by atoms with van der Waals surface area (Å²) in [6.07, 6.45) is 4.51. The van der Waals surface area contributed by atoms with Crippen LogP contribution < -0.4 is 10.2 Å². The number of hydrogen-bond acceptors (Lipinski definition) is 3. The van der Waals surface area contributed by atoms with Crippen molar-refractivity contribution in [3.8, 4) is 0 Å². The summed E-state index contributed by atoms with van der Waals surface area (Å²) in [7, 11) is 0. The number of carbonyl (C=O) groups excluding carboxylic acids is 2. The lowest BCUT2D eigenvalue weighted by molar-refractivity contribution is -0.127. The maximum absolute atomic E-state index is 12.8. The van der Waals surface area contributed by atoms with E-state index in [4.69, 9.17) is 0 Å². The summed E-state index contributed by atoms with van der Waals surface area (Å²) in [6.45, 7) is 12.0. The molecule has 1 aromatic carbocycles. The third kappa shape index (κ3) is 5.69. The summed E-state index contributed by atoms with van der Waals surface area (Å²) in [6, 6.07) is 8.34. The van der Waals surface area contributed by atoms with Crippen molar-refractivity contribution >= 4 is 17.5 Å². The van der Waals surface area contributed by atoms with E-state index in [1.807, 2.05) is 12.1 Å². The molecule has 5 nitrogen and oxygen atoms in total. The number of amides is 2. The van der Waals surface area contributed by atoms with Gasteiger partial charge in [-0.25, -0.2) is 0 Å². The lowest BCUT2D eigenvalue weighted by atomic mass is 10.0. The molecule has 2 aliphatic rings. The molecule has 1 N–H and O–H groups in total.